The Kier molecular flexibility index (Phi) is 8.35. The zero-order valence-electron chi connectivity index (χ0n) is 20.6. The number of fused-ring (bicyclic) bond motifs is 1. The van der Waals surface area contributed by atoms with Crippen LogP contribution in [0.2, 0.25) is 5.02 Å². The number of likely N-dealkylation sites (N-methyl/N-ethyl adjacent to an activating group) is 1. The van der Waals surface area contributed by atoms with Crippen molar-refractivity contribution in [3.05, 3.63) is 70.8 Å². The van der Waals surface area contributed by atoms with E-state index in [2.05, 4.69) is 49.5 Å². The van der Waals surface area contributed by atoms with Crippen LogP contribution in [0.5, 0.6) is 5.75 Å². The maximum Gasteiger partial charge on any atom is 0.268 e. The number of carbonyl (C=O) groups excluding carboxylic acids is 1. The molecule has 0 saturated heterocycles. The summed E-state index contributed by atoms with van der Waals surface area (Å²) in [6.07, 6.45) is 3.33. The Morgan fingerprint density at radius 2 is 2.03 bits per heavy atom. The number of rotatable bonds is 11. The van der Waals surface area contributed by atoms with Crippen molar-refractivity contribution in [1.82, 2.24) is 30.4 Å². The number of hydrogen-bond acceptors (Lipinski definition) is 7. The van der Waals surface area contributed by atoms with Crippen LogP contribution >= 0.6 is 11.6 Å². The van der Waals surface area contributed by atoms with Gasteiger partial charge in [-0.25, -0.2) is 0 Å². The second kappa shape index (κ2) is 11.8. The van der Waals surface area contributed by atoms with Crippen LogP contribution in [0.25, 0.3) is 10.9 Å². The predicted octanol–water partition coefficient (Wildman–Crippen LogP) is 4.71. The van der Waals surface area contributed by atoms with Gasteiger partial charge in [-0.3, -0.25) is 9.78 Å². The van der Waals surface area contributed by atoms with E-state index in [1.807, 2.05) is 31.2 Å². The number of ether oxygens (including phenoxy) is 1. The third kappa shape index (κ3) is 5.92. The van der Waals surface area contributed by atoms with Gasteiger partial charge in [-0.05, 0) is 55.9 Å². The number of halogens is 1. The van der Waals surface area contributed by atoms with Crippen molar-refractivity contribution in [2.75, 3.05) is 31.5 Å². The minimum Gasteiger partial charge on any atom is -0.486 e. The lowest BCUT2D eigenvalue weighted by Crippen LogP contribution is -2.35. The van der Waals surface area contributed by atoms with Crippen molar-refractivity contribution >= 4 is 39.9 Å². The molecule has 4 rings (SSSR count). The van der Waals surface area contributed by atoms with Crippen LogP contribution in [0.1, 0.15) is 35.6 Å². The van der Waals surface area contributed by atoms with E-state index in [0.717, 1.165) is 47.5 Å². The highest BCUT2D eigenvalue weighted by atomic mass is 35.5. The van der Waals surface area contributed by atoms with Gasteiger partial charge in [0.05, 0.1) is 22.4 Å². The molecule has 0 atom stereocenters. The molecule has 0 aliphatic carbocycles. The average Bonchev–Trinajstić information content (AvgIpc) is 3.24. The molecular formula is C26H30ClN7O2. The summed E-state index contributed by atoms with van der Waals surface area (Å²) in [6, 6.07) is 11.1. The number of aryl methyl sites for hydroxylation is 1. The Bertz CT molecular complexity index is 1320. The maximum atomic E-state index is 12.9. The molecule has 3 heterocycles. The summed E-state index contributed by atoms with van der Waals surface area (Å²) in [4.78, 5) is 22.5. The molecule has 0 bridgehead atoms. The van der Waals surface area contributed by atoms with Crippen LogP contribution in [0.4, 0.5) is 11.5 Å². The maximum absolute atomic E-state index is 12.9. The molecule has 1 amide bonds. The number of benzene rings is 1. The van der Waals surface area contributed by atoms with Crippen LogP contribution in [0, 0.1) is 6.92 Å². The Balaban J connectivity index is 1.48. The van der Waals surface area contributed by atoms with Crippen LogP contribution < -0.4 is 15.4 Å². The molecule has 4 aromatic rings. The summed E-state index contributed by atoms with van der Waals surface area (Å²) in [5.41, 5.74) is 3.55. The Hall–Kier alpha value is -3.69. The van der Waals surface area contributed by atoms with Crippen molar-refractivity contribution in [1.29, 1.82) is 0 Å². The number of amides is 1. The van der Waals surface area contributed by atoms with Crippen LogP contribution in [-0.2, 0) is 6.61 Å². The number of aromatic amines is 1. The summed E-state index contributed by atoms with van der Waals surface area (Å²) in [7, 11) is 0. The summed E-state index contributed by atoms with van der Waals surface area (Å²) in [5.74, 6) is 0.930. The van der Waals surface area contributed by atoms with E-state index in [0.29, 0.717) is 35.4 Å². The summed E-state index contributed by atoms with van der Waals surface area (Å²) in [6.45, 7) is 9.71. The molecule has 0 aliphatic heterocycles. The van der Waals surface area contributed by atoms with E-state index >= 15 is 0 Å². The predicted molar refractivity (Wildman–Crippen MR) is 142 cm³/mol. The van der Waals surface area contributed by atoms with Gasteiger partial charge < -0.3 is 25.3 Å². The largest absolute Gasteiger partial charge is 0.486 e. The van der Waals surface area contributed by atoms with Crippen LogP contribution in [0.15, 0.2) is 48.8 Å². The lowest BCUT2D eigenvalue weighted by Gasteiger charge is -2.17. The molecule has 36 heavy (non-hydrogen) atoms. The summed E-state index contributed by atoms with van der Waals surface area (Å²) < 4.78 is 5.81. The Morgan fingerprint density at radius 3 is 2.75 bits per heavy atom. The van der Waals surface area contributed by atoms with Gasteiger partial charge in [0.1, 0.15) is 18.1 Å². The fraction of sp³-hybridized carbons (Fsp3) is 0.308. The van der Waals surface area contributed by atoms with Gasteiger partial charge in [-0.15, -0.1) is 5.10 Å². The molecule has 3 N–H and O–H groups in total. The van der Waals surface area contributed by atoms with E-state index in [-0.39, 0.29) is 5.91 Å². The third-order valence-electron chi connectivity index (χ3n) is 5.99. The first-order chi connectivity index (χ1) is 17.5. The molecule has 0 fully saturated rings. The number of nitrogens with zero attached hydrogens (tertiary/aromatic N) is 4. The van der Waals surface area contributed by atoms with Crippen LogP contribution in [-0.4, -0.2) is 57.2 Å². The van der Waals surface area contributed by atoms with Crippen molar-refractivity contribution < 1.29 is 9.53 Å². The van der Waals surface area contributed by atoms with Crippen LogP contribution in [0.3, 0.4) is 0 Å². The second-order valence-electron chi connectivity index (χ2n) is 8.27. The van der Waals surface area contributed by atoms with E-state index < -0.39 is 0 Å². The van der Waals surface area contributed by atoms with Crippen molar-refractivity contribution in [2.45, 2.75) is 27.4 Å². The topological polar surface area (TPSA) is 108 Å². The van der Waals surface area contributed by atoms with E-state index in [4.69, 9.17) is 16.3 Å². The average molecular weight is 508 g/mol. The van der Waals surface area contributed by atoms with E-state index in [1.165, 1.54) is 0 Å². The first-order valence-corrected chi connectivity index (χ1v) is 12.3. The summed E-state index contributed by atoms with van der Waals surface area (Å²) >= 11 is 6.46. The molecule has 3 aromatic heterocycles. The minimum atomic E-state index is -0.153. The highest BCUT2D eigenvalue weighted by Crippen LogP contribution is 2.32. The fourth-order valence-corrected chi connectivity index (χ4v) is 4.19. The molecule has 1 aromatic carbocycles. The highest BCUT2D eigenvalue weighted by Gasteiger charge is 2.18. The van der Waals surface area contributed by atoms with E-state index in [9.17, 15) is 4.79 Å². The summed E-state index contributed by atoms with van der Waals surface area (Å²) in [5, 5.41) is 15.9. The van der Waals surface area contributed by atoms with Gasteiger partial charge in [0.25, 0.3) is 5.91 Å². The first-order valence-electron chi connectivity index (χ1n) is 11.9. The molecule has 0 saturated carbocycles. The van der Waals surface area contributed by atoms with Crippen molar-refractivity contribution in [3.8, 4) is 5.75 Å². The monoisotopic (exact) mass is 507 g/mol. The lowest BCUT2D eigenvalue weighted by molar-refractivity contribution is 0.0944. The standard InChI is InChI=1S/C26H30ClN7O2/c1-4-34(5-2)13-12-29-26(35)24-17(3)23-21(32-24)15-30-33-25(23)31-18-9-10-22(20(27)14-18)36-16-19-8-6-7-11-28-19/h6-11,14-15,32H,4-5,12-13,16H2,1-3H3,(H,29,35)(H,31,33). The van der Waals surface area contributed by atoms with Crippen molar-refractivity contribution in [3.63, 3.8) is 0 Å². The van der Waals surface area contributed by atoms with Gasteiger partial charge in [0, 0.05) is 30.4 Å². The molecular weight excluding hydrogens is 478 g/mol. The Labute approximate surface area is 215 Å². The second-order valence-corrected chi connectivity index (χ2v) is 8.68. The molecule has 0 aliphatic rings. The normalized spacial score (nSPS) is 11.1. The van der Waals surface area contributed by atoms with Crippen molar-refractivity contribution in [2.24, 2.45) is 0 Å². The van der Waals surface area contributed by atoms with E-state index in [1.54, 1.807) is 24.5 Å². The van der Waals surface area contributed by atoms with Gasteiger partial charge >= 0.3 is 0 Å². The number of hydrogen-bond donors (Lipinski definition) is 3. The number of pyridine rings is 1. The lowest BCUT2D eigenvalue weighted by atomic mass is 10.1. The van der Waals surface area contributed by atoms with Gasteiger partial charge in [-0.2, -0.15) is 5.10 Å². The smallest absolute Gasteiger partial charge is 0.268 e. The number of aromatic nitrogens is 4. The zero-order chi connectivity index (χ0) is 25.5. The molecule has 188 valence electrons. The molecule has 9 nitrogen and oxygen atoms in total. The number of carbonyl (C=O) groups is 1. The number of nitrogens with one attached hydrogen (secondary N) is 3. The molecule has 0 spiro atoms. The van der Waals surface area contributed by atoms with Gasteiger partial charge in [-0.1, -0.05) is 31.5 Å². The zero-order valence-corrected chi connectivity index (χ0v) is 21.4. The number of anilines is 2. The molecule has 0 radical (unpaired) electrons. The minimum absolute atomic E-state index is 0.153. The number of H-pyrrole nitrogens is 1. The third-order valence-corrected chi connectivity index (χ3v) is 6.29. The SMILES string of the molecule is CCN(CC)CCNC(=O)c1[nH]c2cnnc(Nc3ccc(OCc4ccccn4)c(Cl)c3)c2c1C. The fourth-order valence-electron chi connectivity index (χ4n) is 3.95. The quantitative estimate of drug-likeness (QED) is 0.270. The molecule has 10 heteroatoms. The Morgan fingerprint density at radius 1 is 1.19 bits per heavy atom. The first kappa shape index (κ1) is 25.4. The highest BCUT2D eigenvalue weighted by molar-refractivity contribution is 6.32. The van der Waals surface area contributed by atoms with Gasteiger partial charge in [0.15, 0.2) is 5.82 Å². The molecule has 0 unspecified atom stereocenters. The van der Waals surface area contributed by atoms with Gasteiger partial charge in [0.2, 0.25) is 0 Å².